The van der Waals surface area contributed by atoms with Crippen LogP contribution in [0, 0.1) is 0 Å². The largest absolute Gasteiger partial charge is 0.497 e. The molecule has 45 heavy (non-hydrogen) atoms. The van der Waals surface area contributed by atoms with Crippen molar-refractivity contribution < 1.29 is 42.0 Å². The number of rotatable bonds is 14. The van der Waals surface area contributed by atoms with Gasteiger partial charge in [0.25, 0.3) is 0 Å². The molecule has 0 aromatic heterocycles. The number of ether oxygens (including phenoxy) is 6. The van der Waals surface area contributed by atoms with Gasteiger partial charge in [-0.25, -0.2) is 0 Å². The lowest BCUT2D eigenvalue weighted by molar-refractivity contribution is -0.0724. The van der Waals surface area contributed by atoms with Crippen molar-refractivity contribution in [1.29, 1.82) is 0 Å². The van der Waals surface area contributed by atoms with E-state index < -0.39 is 43.5 Å². The highest BCUT2D eigenvalue weighted by atomic mass is 31.2. The molecule has 2 heterocycles. The fraction of sp³-hybridized carbons (Fsp3) is 0.455. The summed E-state index contributed by atoms with van der Waals surface area (Å²) in [6.45, 7) is 1.50. The van der Waals surface area contributed by atoms with Gasteiger partial charge in [0, 0.05) is 25.8 Å². The van der Waals surface area contributed by atoms with Crippen molar-refractivity contribution in [2.45, 2.75) is 54.9 Å². The Balaban J connectivity index is 1.41. The Bertz CT molecular complexity index is 1360. The van der Waals surface area contributed by atoms with Gasteiger partial charge in [0.1, 0.15) is 45.0 Å². The first-order valence-electron chi connectivity index (χ1n) is 14.9. The van der Waals surface area contributed by atoms with Gasteiger partial charge in [0.05, 0.1) is 39.6 Å². The molecule has 0 amide bonds. The Kier molecular flexibility index (Phi) is 11.1. The summed E-state index contributed by atoms with van der Waals surface area (Å²) in [5.74, 6) is 1.43. The maximum atomic E-state index is 13.5. The third-order valence-corrected chi connectivity index (χ3v) is 9.47. The first-order valence-corrected chi connectivity index (χ1v) is 16.9. The van der Waals surface area contributed by atoms with Crippen LogP contribution in [0.3, 0.4) is 0 Å². The summed E-state index contributed by atoms with van der Waals surface area (Å²) in [6.07, 6.45) is -1.17. The van der Waals surface area contributed by atoms with Crippen molar-refractivity contribution in [2.24, 2.45) is 0 Å². The molecule has 2 saturated heterocycles. The van der Waals surface area contributed by atoms with Crippen molar-refractivity contribution >= 4 is 23.3 Å². The topological polar surface area (TPSA) is 90.9 Å². The highest BCUT2D eigenvalue weighted by molar-refractivity contribution is 7.53. The van der Waals surface area contributed by atoms with E-state index in [1.807, 2.05) is 78.9 Å². The molecule has 2 fully saturated rings. The summed E-state index contributed by atoms with van der Waals surface area (Å²) in [4.78, 5) is 0. The fourth-order valence-corrected chi connectivity index (χ4v) is 7.11. The maximum absolute atomic E-state index is 13.5. The highest BCUT2D eigenvalue weighted by Gasteiger charge is 2.43. The summed E-state index contributed by atoms with van der Waals surface area (Å²) in [5.41, 5.74) is 1.56. The summed E-state index contributed by atoms with van der Waals surface area (Å²) < 4.78 is 60.4. The molecule has 4 radical (unpaired) electrons. The van der Waals surface area contributed by atoms with Crippen molar-refractivity contribution in [3.63, 3.8) is 0 Å². The molecule has 9 nitrogen and oxygen atoms in total. The molecule has 0 bridgehead atoms. The second-order valence-corrected chi connectivity index (χ2v) is 13.2. The van der Waals surface area contributed by atoms with E-state index in [1.165, 1.54) is 6.66 Å². The first-order chi connectivity index (χ1) is 21.7. The van der Waals surface area contributed by atoms with Crippen LogP contribution in [0.15, 0.2) is 78.9 Å². The van der Waals surface area contributed by atoms with Gasteiger partial charge in [0.15, 0.2) is 0 Å². The standard InChI is InChI=1S/C33H39B2O9P/c1-37-25-14-10-23(11-15-25)33(22-8-6-5-7-9-22,24-12-16-26(38-2)17-13-24)40-20-29-28(19-32(35)42-29)44-45(4,36)41-21-30-27(39-3)18-31(34)43-30/h5-17,27-32H,18-21H2,1-4H3/t27-,28-,29-,30-,31-,32-,45?/m1/s1. The molecule has 5 rings (SSSR count). The average Bonchev–Trinajstić information content (AvgIpc) is 3.60. The summed E-state index contributed by atoms with van der Waals surface area (Å²) >= 11 is 0. The quantitative estimate of drug-likeness (QED) is 0.141. The van der Waals surface area contributed by atoms with E-state index in [2.05, 4.69) is 0 Å². The Morgan fingerprint density at radius 3 is 1.73 bits per heavy atom. The summed E-state index contributed by atoms with van der Waals surface area (Å²) in [6, 6.07) is 24.3. The van der Waals surface area contributed by atoms with Crippen LogP contribution in [-0.4, -0.2) is 93.3 Å². The maximum Gasteiger partial charge on any atom is 0.328 e. The Labute approximate surface area is 268 Å². The van der Waals surface area contributed by atoms with Gasteiger partial charge < -0.3 is 37.5 Å². The van der Waals surface area contributed by atoms with Gasteiger partial charge in [0.2, 0.25) is 0 Å². The highest BCUT2D eigenvalue weighted by Crippen LogP contribution is 2.49. The zero-order valence-corrected chi connectivity index (χ0v) is 27.0. The van der Waals surface area contributed by atoms with Crippen LogP contribution in [0.25, 0.3) is 0 Å². The third-order valence-electron chi connectivity index (χ3n) is 8.20. The molecule has 3 aromatic rings. The number of hydrogen-bond acceptors (Lipinski definition) is 9. The van der Waals surface area contributed by atoms with Crippen LogP contribution < -0.4 is 9.47 Å². The molecule has 2 aliphatic rings. The molecule has 236 valence electrons. The average molecular weight is 632 g/mol. The minimum atomic E-state index is -3.57. The molecular weight excluding hydrogens is 593 g/mol. The molecule has 12 heteroatoms. The van der Waals surface area contributed by atoms with E-state index in [1.54, 1.807) is 21.3 Å². The molecule has 1 unspecified atom stereocenters. The van der Waals surface area contributed by atoms with Crippen LogP contribution in [0.4, 0.5) is 0 Å². The second-order valence-electron chi connectivity index (χ2n) is 11.2. The zero-order chi connectivity index (χ0) is 32.0. The molecule has 0 N–H and O–H groups in total. The van der Waals surface area contributed by atoms with Crippen LogP contribution in [0.1, 0.15) is 29.5 Å². The predicted octanol–water partition coefficient (Wildman–Crippen LogP) is 4.82. The van der Waals surface area contributed by atoms with E-state index in [-0.39, 0.29) is 19.3 Å². The van der Waals surface area contributed by atoms with Gasteiger partial charge in [-0.05, 0) is 53.8 Å². The third kappa shape index (κ3) is 7.86. The predicted molar refractivity (Wildman–Crippen MR) is 171 cm³/mol. The van der Waals surface area contributed by atoms with Crippen molar-refractivity contribution in [3.8, 4) is 11.5 Å². The summed E-state index contributed by atoms with van der Waals surface area (Å²) in [5, 5.41) is 0. The Morgan fingerprint density at radius 1 is 0.733 bits per heavy atom. The fourth-order valence-electron chi connectivity index (χ4n) is 5.92. The SMILES string of the molecule is [B][C@H]1C[C@@H](OC)[C@@H](COP(C)(=O)O[C@@H]2C[C@H]([B])O[C@@H]2COC(c2ccccc2)(c2ccc(OC)cc2)c2ccc(OC)cc2)O1. The zero-order valence-electron chi connectivity index (χ0n) is 26.1. The number of benzene rings is 3. The van der Waals surface area contributed by atoms with E-state index in [0.29, 0.717) is 12.8 Å². The van der Waals surface area contributed by atoms with Gasteiger partial charge in [-0.2, -0.15) is 0 Å². The van der Waals surface area contributed by atoms with Crippen molar-refractivity contribution in [2.75, 3.05) is 41.2 Å². The van der Waals surface area contributed by atoms with Crippen molar-refractivity contribution in [1.82, 2.24) is 0 Å². The molecule has 7 atom stereocenters. The van der Waals surface area contributed by atoms with Gasteiger partial charge >= 0.3 is 7.60 Å². The Morgan fingerprint density at radius 2 is 1.22 bits per heavy atom. The van der Waals surface area contributed by atoms with E-state index >= 15 is 0 Å². The second kappa shape index (κ2) is 14.9. The lowest BCUT2D eigenvalue weighted by atomic mass is 9.80. The van der Waals surface area contributed by atoms with Gasteiger partial charge in [-0.1, -0.05) is 54.6 Å². The van der Waals surface area contributed by atoms with Gasteiger partial charge in [-0.3, -0.25) is 4.57 Å². The van der Waals surface area contributed by atoms with Crippen LogP contribution in [-0.2, 0) is 38.2 Å². The molecule has 2 aliphatic heterocycles. The number of hydrogen-bond donors (Lipinski definition) is 0. The normalized spacial score (nSPS) is 26.4. The van der Waals surface area contributed by atoms with Crippen LogP contribution >= 0.6 is 7.60 Å². The molecule has 3 aromatic carbocycles. The van der Waals surface area contributed by atoms with Crippen LogP contribution in [0.5, 0.6) is 11.5 Å². The molecular formula is C33H39B2O9P. The monoisotopic (exact) mass is 632 g/mol. The first kappa shape index (κ1) is 33.7. The molecule has 0 aliphatic carbocycles. The molecule has 0 spiro atoms. The van der Waals surface area contributed by atoms with E-state index in [4.69, 9.17) is 53.2 Å². The summed E-state index contributed by atoms with van der Waals surface area (Å²) in [7, 11) is 13.4. The smallest absolute Gasteiger partial charge is 0.328 e. The minimum Gasteiger partial charge on any atom is -0.497 e. The molecule has 0 saturated carbocycles. The van der Waals surface area contributed by atoms with Gasteiger partial charge in [-0.15, -0.1) is 0 Å². The lowest BCUT2D eigenvalue weighted by Crippen LogP contribution is -2.38. The minimum absolute atomic E-state index is 0.00679. The van der Waals surface area contributed by atoms with E-state index in [9.17, 15) is 4.57 Å². The number of methoxy groups -OCH3 is 3. The van der Waals surface area contributed by atoms with Crippen molar-refractivity contribution in [3.05, 3.63) is 95.6 Å². The van der Waals surface area contributed by atoms with E-state index in [0.717, 1.165) is 28.2 Å². The Hall–Kier alpha value is -2.62. The van der Waals surface area contributed by atoms with Crippen LogP contribution in [0.2, 0.25) is 0 Å². The lowest BCUT2D eigenvalue weighted by Gasteiger charge is -2.37.